The number of nitrogens with one attached hydrogen (secondary N) is 1. The lowest BCUT2D eigenvalue weighted by atomic mass is 10.1. The molecule has 0 amide bonds. The second kappa shape index (κ2) is 5.02. The van der Waals surface area contributed by atoms with Crippen molar-refractivity contribution in [1.82, 2.24) is 14.5 Å². The number of aromatic carboxylic acids is 1. The Balaban J connectivity index is 2.11. The number of carboxylic acid groups (broad SMARTS) is 1. The maximum atomic E-state index is 11.6. The number of hydrogen-bond acceptors (Lipinski definition) is 4. The smallest absolute Gasteiger partial charge is 0.341 e. The average Bonchev–Trinajstić information content (AvgIpc) is 3.09. The molecule has 2 N–H and O–H groups in total. The monoisotopic (exact) mass is 301 g/mol. The molecule has 3 aromatic heterocycles. The summed E-state index contributed by atoms with van der Waals surface area (Å²) < 4.78 is 1.87. The molecule has 0 unspecified atom stereocenters. The number of nitrogens with zero attached hydrogens (tertiary/aromatic N) is 2. The molecular weight excluding hydrogens is 290 g/mol. The molecule has 0 aliphatic rings. The Morgan fingerprint density at radius 3 is 2.90 bits per heavy atom. The minimum Gasteiger partial charge on any atom is -0.477 e. The molecule has 0 aromatic carbocycles. The predicted molar refractivity (Wildman–Crippen MR) is 79.2 cm³/mol. The highest BCUT2D eigenvalue weighted by molar-refractivity contribution is 7.17. The maximum absolute atomic E-state index is 11.6. The number of carbonyl (C=O) groups is 1. The number of rotatable bonds is 3. The fourth-order valence-electron chi connectivity index (χ4n) is 2.04. The third kappa shape index (κ3) is 2.38. The first-order chi connectivity index (χ1) is 10.1. The Hall–Kier alpha value is -2.67. The van der Waals surface area contributed by atoms with Crippen LogP contribution in [0.1, 0.15) is 16.1 Å². The Kier molecular flexibility index (Phi) is 3.19. The fraction of sp³-hybridized carbons (Fsp3) is 0.0714. The number of pyridine rings is 1. The van der Waals surface area contributed by atoms with Crippen LogP contribution in [-0.2, 0) is 0 Å². The molecule has 3 rings (SSSR count). The predicted octanol–water partition coefficient (Wildman–Crippen LogP) is 2.30. The van der Waals surface area contributed by atoms with Crippen LogP contribution in [0.2, 0.25) is 0 Å². The SMILES string of the molecule is Cc1[nH]c(=O)c(C(=O)O)cc1-c1ccc(-n2ccnc2)s1. The standard InChI is InChI=1S/C14H11N3O3S/c1-8-9(6-10(14(19)20)13(18)16-8)11-2-3-12(21-11)17-5-4-15-7-17/h2-7H,1H3,(H,16,18)(H,19,20). The highest BCUT2D eigenvalue weighted by Crippen LogP contribution is 2.31. The van der Waals surface area contributed by atoms with Crippen molar-refractivity contribution in [1.29, 1.82) is 0 Å². The third-order valence-electron chi connectivity index (χ3n) is 3.08. The number of aromatic nitrogens is 3. The van der Waals surface area contributed by atoms with Gasteiger partial charge in [-0.05, 0) is 25.1 Å². The normalized spacial score (nSPS) is 10.7. The van der Waals surface area contributed by atoms with Gasteiger partial charge in [-0.2, -0.15) is 0 Å². The zero-order chi connectivity index (χ0) is 15.0. The molecular formula is C14H11N3O3S. The quantitative estimate of drug-likeness (QED) is 0.777. The summed E-state index contributed by atoms with van der Waals surface area (Å²) in [6.45, 7) is 1.75. The molecule has 0 fully saturated rings. The van der Waals surface area contributed by atoms with E-state index in [0.29, 0.717) is 11.3 Å². The number of aryl methyl sites for hydroxylation is 1. The van der Waals surface area contributed by atoms with Crippen LogP contribution in [0.25, 0.3) is 15.4 Å². The van der Waals surface area contributed by atoms with E-state index in [-0.39, 0.29) is 5.56 Å². The molecule has 0 spiro atoms. The molecule has 0 aliphatic carbocycles. The lowest BCUT2D eigenvalue weighted by Crippen LogP contribution is -2.18. The lowest BCUT2D eigenvalue weighted by Gasteiger charge is -2.04. The van der Waals surface area contributed by atoms with Gasteiger partial charge in [-0.3, -0.25) is 9.36 Å². The van der Waals surface area contributed by atoms with Crippen molar-refractivity contribution >= 4 is 17.3 Å². The first kappa shape index (κ1) is 13.3. The van der Waals surface area contributed by atoms with E-state index in [1.165, 1.54) is 17.4 Å². The molecule has 6 nitrogen and oxygen atoms in total. The third-order valence-corrected chi connectivity index (χ3v) is 4.22. The van der Waals surface area contributed by atoms with Crippen molar-refractivity contribution in [2.45, 2.75) is 6.92 Å². The van der Waals surface area contributed by atoms with E-state index in [1.807, 2.05) is 22.9 Å². The van der Waals surface area contributed by atoms with Crippen LogP contribution < -0.4 is 5.56 Å². The number of hydrogen-bond donors (Lipinski definition) is 2. The highest BCUT2D eigenvalue weighted by Gasteiger charge is 2.14. The summed E-state index contributed by atoms with van der Waals surface area (Å²) in [7, 11) is 0. The first-order valence-corrected chi connectivity index (χ1v) is 6.93. The molecule has 0 atom stereocenters. The second-order valence-electron chi connectivity index (χ2n) is 4.46. The van der Waals surface area contributed by atoms with Crippen molar-refractivity contribution in [2.24, 2.45) is 0 Å². The average molecular weight is 301 g/mol. The van der Waals surface area contributed by atoms with Crippen molar-refractivity contribution < 1.29 is 9.90 Å². The van der Waals surface area contributed by atoms with Gasteiger partial charge in [-0.15, -0.1) is 11.3 Å². The van der Waals surface area contributed by atoms with Crippen LogP contribution in [0.5, 0.6) is 0 Å². The maximum Gasteiger partial charge on any atom is 0.341 e. The first-order valence-electron chi connectivity index (χ1n) is 6.12. The van der Waals surface area contributed by atoms with E-state index in [9.17, 15) is 9.59 Å². The zero-order valence-corrected chi connectivity index (χ0v) is 11.8. The van der Waals surface area contributed by atoms with E-state index < -0.39 is 11.5 Å². The Bertz CT molecular complexity index is 862. The van der Waals surface area contributed by atoms with Gasteiger partial charge >= 0.3 is 5.97 Å². The van der Waals surface area contributed by atoms with Crippen molar-refractivity contribution in [3.8, 4) is 15.4 Å². The number of carboxylic acids is 1. The largest absolute Gasteiger partial charge is 0.477 e. The summed E-state index contributed by atoms with van der Waals surface area (Å²) in [5.74, 6) is -1.23. The van der Waals surface area contributed by atoms with Crippen LogP contribution >= 0.6 is 11.3 Å². The van der Waals surface area contributed by atoms with Crippen molar-refractivity contribution in [3.05, 3.63) is 58.5 Å². The second-order valence-corrected chi connectivity index (χ2v) is 5.53. The van der Waals surface area contributed by atoms with Gasteiger partial charge in [0.05, 0.1) is 6.33 Å². The van der Waals surface area contributed by atoms with E-state index in [0.717, 1.165) is 9.88 Å². The van der Waals surface area contributed by atoms with Gasteiger partial charge in [0.15, 0.2) is 0 Å². The van der Waals surface area contributed by atoms with Gasteiger partial charge in [-0.1, -0.05) is 0 Å². The van der Waals surface area contributed by atoms with Gasteiger partial charge in [0.2, 0.25) is 0 Å². The van der Waals surface area contributed by atoms with Gasteiger partial charge in [0, 0.05) is 28.5 Å². The molecule has 0 saturated carbocycles. The summed E-state index contributed by atoms with van der Waals surface area (Å²) in [6.07, 6.45) is 5.21. The van der Waals surface area contributed by atoms with Crippen LogP contribution in [0.15, 0.2) is 41.7 Å². The number of H-pyrrole nitrogens is 1. The molecule has 106 valence electrons. The molecule has 21 heavy (non-hydrogen) atoms. The Morgan fingerprint density at radius 2 is 2.24 bits per heavy atom. The van der Waals surface area contributed by atoms with Crippen LogP contribution in [0.3, 0.4) is 0 Å². The van der Waals surface area contributed by atoms with Crippen molar-refractivity contribution in [2.75, 3.05) is 0 Å². The van der Waals surface area contributed by atoms with Crippen LogP contribution in [0, 0.1) is 6.92 Å². The number of aromatic amines is 1. The summed E-state index contributed by atoms with van der Waals surface area (Å²) in [5.41, 5.74) is 0.510. The molecule has 0 aliphatic heterocycles. The van der Waals surface area contributed by atoms with Crippen LogP contribution in [-0.4, -0.2) is 25.6 Å². The van der Waals surface area contributed by atoms with Gasteiger partial charge in [0.1, 0.15) is 10.6 Å². The van der Waals surface area contributed by atoms with E-state index in [2.05, 4.69) is 9.97 Å². The molecule has 0 radical (unpaired) electrons. The Morgan fingerprint density at radius 1 is 1.43 bits per heavy atom. The molecule has 0 saturated heterocycles. The van der Waals surface area contributed by atoms with Crippen LogP contribution in [0.4, 0.5) is 0 Å². The fourth-order valence-corrected chi connectivity index (χ4v) is 3.07. The van der Waals surface area contributed by atoms with Gasteiger partial charge in [0.25, 0.3) is 5.56 Å². The molecule has 3 aromatic rings. The molecule has 3 heterocycles. The lowest BCUT2D eigenvalue weighted by molar-refractivity contribution is 0.0695. The summed E-state index contributed by atoms with van der Waals surface area (Å²) in [5, 5.41) is 10.0. The Labute approximate surface area is 123 Å². The van der Waals surface area contributed by atoms with Gasteiger partial charge in [-0.25, -0.2) is 9.78 Å². The summed E-state index contributed by atoms with van der Waals surface area (Å²) in [6, 6.07) is 5.24. The minimum atomic E-state index is -1.23. The highest BCUT2D eigenvalue weighted by atomic mass is 32.1. The van der Waals surface area contributed by atoms with Crippen molar-refractivity contribution in [3.63, 3.8) is 0 Å². The van der Waals surface area contributed by atoms with E-state index in [4.69, 9.17) is 5.11 Å². The number of thiophene rings is 1. The molecule has 7 heteroatoms. The summed E-state index contributed by atoms with van der Waals surface area (Å²) in [4.78, 5) is 30.1. The van der Waals surface area contributed by atoms with Gasteiger partial charge < -0.3 is 10.1 Å². The van der Waals surface area contributed by atoms with E-state index >= 15 is 0 Å². The number of imidazole rings is 1. The summed E-state index contributed by atoms with van der Waals surface area (Å²) >= 11 is 1.49. The topological polar surface area (TPSA) is 88.0 Å². The molecule has 0 bridgehead atoms. The zero-order valence-electron chi connectivity index (χ0n) is 11.0. The minimum absolute atomic E-state index is 0.256. The van der Waals surface area contributed by atoms with E-state index in [1.54, 1.807) is 19.4 Å².